The van der Waals surface area contributed by atoms with Crippen LogP contribution in [0.1, 0.15) is 12.8 Å². The van der Waals surface area contributed by atoms with Crippen LogP contribution in [-0.2, 0) is 24.3 Å². The number of carbonyl (C=O) groups excluding carboxylic acids is 2. The fraction of sp³-hybridized carbons (Fsp3) is 0.556. The second-order valence-corrected chi connectivity index (χ2v) is 8.53. The Morgan fingerprint density at radius 1 is 1.10 bits per heavy atom. The summed E-state index contributed by atoms with van der Waals surface area (Å²) in [6.07, 6.45) is -0.131. The summed E-state index contributed by atoms with van der Waals surface area (Å²) < 4.78 is 43.9. The first kappa shape index (κ1) is 22.3. The Labute approximate surface area is 174 Å². The van der Waals surface area contributed by atoms with Gasteiger partial charge in [-0.3, -0.25) is 9.59 Å². The van der Waals surface area contributed by atoms with Crippen LogP contribution in [-0.4, -0.2) is 81.9 Å². The lowest BCUT2D eigenvalue weighted by molar-refractivity contribution is -0.140. The maximum absolute atomic E-state index is 13.2. The van der Waals surface area contributed by atoms with Crippen molar-refractivity contribution < 1.29 is 37.3 Å². The fourth-order valence-electron chi connectivity index (χ4n) is 3.04. The summed E-state index contributed by atoms with van der Waals surface area (Å²) >= 11 is 0. The van der Waals surface area contributed by atoms with Crippen molar-refractivity contribution in [2.45, 2.75) is 24.0 Å². The molecule has 1 saturated heterocycles. The average Bonchev–Trinajstić information content (AvgIpc) is 2.77. The molecule has 166 valence electrons. The van der Waals surface area contributed by atoms with Crippen LogP contribution >= 0.6 is 0 Å². The van der Waals surface area contributed by atoms with Gasteiger partial charge in [0.2, 0.25) is 10.0 Å². The SMILES string of the molecule is O=C(NCCCO)C(=O)NC[C@@H]1OCCCN1S(=O)(=O)c1ccc2c(c1)OCCO2. The first-order valence-corrected chi connectivity index (χ1v) is 11.1. The minimum absolute atomic E-state index is 0.0234. The van der Waals surface area contributed by atoms with E-state index >= 15 is 0 Å². The molecule has 0 bridgehead atoms. The van der Waals surface area contributed by atoms with Crippen molar-refractivity contribution in [3.63, 3.8) is 0 Å². The number of rotatable bonds is 7. The van der Waals surface area contributed by atoms with Crippen molar-refractivity contribution in [3.05, 3.63) is 18.2 Å². The molecule has 12 heteroatoms. The number of hydrogen-bond donors (Lipinski definition) is 3. The third-order valence-corrected chi connectivity index (χ3v) is 6.42. The quantitative estimate of drug-likeness (QED) is 0.353. The summed E-state index contributed by atoms with van der Waals surface area (Å²) in [7, 11) is -3.94. The molecule has 0 aliphatic carbocycles. The van der Waals surface area contributed by atoms with Crippen LogP contribution in [0, 0.1) is 0 Å². The van der Waals surface area contributed by atoms with Crippen LogP contribution in [0.25, 0.3) is 0 Å². The standard InChI is InChI=1S/C18H25N3O8S/c22-7-1-5-19-17(23)18(24)20-12-16-21(6-2-8-29-16)30(25,26)13-3-4-14-15(11-13)28-10-9-27-14/h3-4,11,16,22H,1-2,5-10,12H2,(H,19,23)(H,20,24)/t16-/m0/s1. The van der Waals surface area contributed by atoms with Crippen molar-refractivity contribution in [1.29, 1.82) is 0 Å². The highest BCUT2D eigenvalue weighted by Gasteiger charge is 2.35. The van der Waals surface area contributed by atoms with Gasteiger partial charge in [-0.2, -0.15) is 4.31 Å². The van der Waals surface area contributed by atoms with E-state index in [1.165, 1.54) is 12.1 Å². The third-order valence-electron chi connectivity index (χ3n) is 4.54. The van der Waals surface area contributed by atoms with E-state index < -0.39 is 28.1 Å². The third kappa shape index (κ3) is 5.19. The zero-order valence-corrected chi connectivity index (χ0v) is 17.2. The molecule has 2 amide bonds. The molecule has 1 fully saturated rings. The maximum atomic E-state index is 13.2. The zero-order valence-electron chi connectivity index (χ0n) is 16.3. The Morgan fingerprint density at radius 3 is 2.60 bits per heavy atom. The highest BCUT2D eigenvalue weighted by atomic mass is 32.2. The smallest absolute Gasteiger partial charge is 0.309 e. The first-order valence-electron chi connectivity index (χ1n) is 9.63. The van der Waals surface area contributed by atoms with Gasteiger partial charge in [0, 0.05) is 25.8 Å². The molecule has 1 aromatic rings. The predicted octanol–water partition coefficient (Wildman–Crippen LogP) is -1.19. The highest BCUT2D eigenvalue weighted by molar-refractivity contribution is 7.89. The predicted molar refractivity (Wildman–Crippen MR) is 103 cm³/mol. The molecule has 2 aliphatic rings. The lowest BCUT2D eigenvalue weighted by atomic mass is 10.3. The molecule has 0 aromatic heterocycles. The number of fused-ring (bicyclic) bond motifs is 1. The number of ether oxygens (including phenoxy) is 3. The van der Waals surface area contributed by atoms with Crippen LogP contribution in [0.2, 0.25) is 0 Å². The molecule has 1 atom stereocenters. The van der Waals surface area contributed by atoms with Gasteiger partial charge in [0.15, 0.2) is 11.5 Å². The fourth-order valence-corrected chi connectivity index (χ4v) is 4.62. The van der Waals surface area contributed by atoms with Gasteiger partial charge < -0.3 is 30.0 Å². The normalized spacial score (nSPS) is 19.2. The summed E-state index contributed by atoms with van der Waals surface area (Å²) in [5.74, 6) is -0.935. The van der Waals surface area contributed by atoms with Gasteiger partial charge in [0.05, 0.1) is 18.0 Å². The zero-order chi connectivity index (χ0) is 21.6. The Kier molecular flexibility index (Phi) is 7.48. The van der Waals surface area contributed by atoms with Crippen LogP contribution in [0.5, 0.6) is 11.5 Å². The molecule has 3 N–H and O–H groups in total. The Balaban J connectivity index is 1.67. The topological polar surface area (TPSA) is 143 Å². The van der Waals surface area contributed by atoms with E-state index in [0.717, 1.165) is 4.31 Å². The summed E-state index contributed by atoms with van der Waals surface area (Å²) in [6, 6.07) is 4.38. The van der Waals surface area contributed by atoms with Crippen molar-refractivity contribution in [2.75, 3.05) is 46.1 Å². The van der Waals surface area contributed by atoms with Crippen LogP contribution in [0.3, 0.4) is 0 Å². The number of benzene rings is 1. The van der Waals surface area contributed by atoms with Gasteiger partial charge in [-0.25, -0.2) is 8.42 Å². The molecule has 0 radical (unpaired) electrons. The lowest BCUT2D eigenvalue weighted by Crippen LogP contribution is -2.53. The monoisotopic (exact) mass is 443 g/mol. The average molecular weight is 443 g/mol. The molecule has 3 rings (SSSR count). The van der Waals surface area contributed by atoms with Crippen molar-refractivity contribution >= 4 is 21.8 Å². The van der Waals surface area contributed by atoms with Crippen LogP contribution < -0.4 is 20.1 Å². The van der Waals surface area contributed by atoms with Gasteiger partial charge in [-0.15, -0.1) is 0 Å². The van der Waals surface area contributed by atoms with Crippen molar-refractivity contribution in [1.82, 2.24) is 14.9 Å². The van der Waals surface area contributed by atoms with Gasteiger partial charge in [0.25, 0.3) is 0 Å². The first-order chi connectivity index (χ1) is 14.4. The van der Waals surface area contributed by atoms with Crippen LogP contribution in [0.4, 0.5) is 0 Å². The molecule has 30 heavy (non-hydrogen) atoms. The highest BCUT2D eigenvalue weighted by Crippen LogP contribution is 2.34. The lowest BCUT2D eigenvalue weighted by Gasteiger charge is -2.34. The van der Waals surface area contributed by atoms with Gasteiger partial charge >= 0.3 is 11.8 Å². The number of hydrogen-bond acceptors (Lipinski definition) is 8. The van der Waals surface area contributed by atoms with E-state index in [4.69, 9.17) is 19.3 Å². The van der Waals surface area contributed by atoms with E-state index in [1.54, 1.807) is 6.07 Å². The summed E-state index contributed by atoms with van der Waals surface area (Å²) in [6.45, 7) is 1.14. The number of aliphatic hydroxyl groups excluding tert-OH is 1. The number of sulfonamides is 1. The molecule has 11 nitrogen and oxygen atoms in total. The number of nitrogens with zero attached hydrogens (tertiary/aromatic N) is 1. The molecule has 1 aromatic carbocycles. The molecule has 0 saturated carbocycles. The summed E-state index contributed by atoms with van der Waals surface area (Å²) in [5, 5.41) is 13.5. The molecule has 0 spiro atoms. The van der Waals surface area contributed by atoms with Gasteiger partial charge in [0.1, 0.15) is 19.4 Å². The molecule has 2 heterocycles. The minimum Gasteiger partial charge on any atom is -0.486 e. The van der Waals surface area contributed by atoms with E-state index in [1.807, 2.05) is 0 Å². The molecular weight excluding hydrogens is 418 g/mol. The molecule has 0 unspecified atom stereocenters. The number of carbonyl (C=O) groups is 2. The van der Waals surface area contributed by atoms with Gasteiger partial charge in [-0.1, -0.05) is 0 Å². The summed E-state index contributed by atoms with van der Waals surface area (Å²) in [4.78, 5) is 23.7. The van der Waals surface area contributed by atoms with Crippen LogP contribution in [0.15, 0.2) is 23.1 Å². The Bertz CT molecular complexity index is 876. The Hall–Kier alpha value is -2.41. The van der Waals surface area contributed by atoms with Crippen molar-refractivity contribution in [3.8, 4) is 11.5 Å². The second-order valence-electron chi connectivity index (χ2n) is 6.64. The van der Waals surface area contributed by atoms with E-state index in [-0.39, 0.29) is 31.1 Å². The second kappa shape index (κ2) is 10.1. The number of amides is 2. The summed E-state index contributed by atoms with van der Waals surface area (Å²) in [5.41, 5.74) is 0. The molecule has 2 aliphatic heterocycles. The van der Waals surface area contributed by atoms with E-state index in [2.05, 4.69) is 10.6 Å². The number of nitrogens with one attached hydrogen (secondary N) is 2. The maximum Gasteiger partial charge on any atom is 0.309 e. The van der Waals surface area contributed by atoms with Crippen molar-refractivity contribution in [2.24, 2.45) is 0 Å². The number of aliphatic hydroxyl groups is 1. The minimum atomic E-state index is -3.94. The van der Waals surface area contributed by atoms with Gasteiger partial charge in [-0.05, 0) is 25.0 Å². The van der Waals surface area contributed by atoms with E-state index in [0.29, 0.717) is 44.2 Å². The van der Waals surface area contributed by atoms with E-state index in [9.17, 15) is 18.0 Å². The Morgan fingerprint density at radius 2 is 1.83 bits per heavy atom. The molecular formula is C18H25N3O8S. The largest absolute Gasteiger partial charge is 0.486 e.